The molecule has 0 amide bonds. The van der Waals surface area contributed by atoms with Gasteiger partial charge in [-0.25, -0.2) is 0 Å². The summed E-state index contributed by atoms with van der Waals surface area (Å²) >= 11 is 0. The second kappa shape index (κ2) is 11.4. The third kappa shape index (κ3) is 10.5. The molecule has 3 unspecified atom stereocenters. The zero-order valence-corrected chi connectivity index (χ0v) is 13.4. The van der Waals surface area contributed by atoms with Gasteiger partial charge >= 0.3 is 0 Å². The molecule has 0 aliphatic carbocycles. The second-order valence-electron chi connectivity index (χ2n) is 5.07. The first-order valence-corrected chi connectivity index (χ1v) is 6.99. The number of aliphatic hydroxyl groups excluding tert-OH is 1. The Morgan fingerprint density at radius 2 is 1.70 bits per heavy atom. The Balaban J connectivity index is 4.03. The van der Waals surface area contributed by atoms with Crippen LogP contribution in [0.4, 0.5) is 0 Å². The maximum Gasteiger partial charge on any atom is 0.188 e. The molecule has 122 valence electrons. The molecular weight excluding hydrogens is 264 g/mol. The molecule has 0 heterocycles. The van der Waals surface area contributed by atoms with Crippen molar-refractivity contribution in [1.29, 1.82) is 0 Å². The summed E-state index contributed by atoms with van der Waals surface area (Å²) in [5, 5.41) is 9.16. The Kier molecular flexibility index (Phi) is 11.3. The lowest BCUT2D eigenvalue weighted by atomic mass is 10.3. The van der Waals surface area contributed by atoms with Crippen LogP contribution in [0.1, 0.15) is 27.2 Å². The normalized spacial score (nSPS) is 17.7. The van der Waals surface area contributed by atoms with Crippen molar-refractivity contribution >= 4 is 0 Å². The van der Waals surface area contributed by atoms with Crippen LogP contribution in [-0.2, 0) is 23.7 Å². The minimum atomic E-state index is -0.801. The molecule has 3 atom stereocenters. The van der Waals surface area contributed by atoms with Gasteiger partial charge in [-0.1, -0.05) is 0 Å². The predicted molar refractivity (Wildman–Crippen MR) is 75.8 cm³/mol. The Hall–Kier alpha value is -0.240. The molecule has 0 aliphatic heterocycles. The fourth-order valence-corrected chi connectivity index (χ4v) is 1.52. The van der Waals surface area contributed by atoms with Crippen molar-refractivity contribution in [2.75, 3.05) is 47.3 Å². The van der Waals surface area contributed by atoms with Crippen LogP contribution in [0.2, 0.25) is 0 Å². The quantitative estimate of drug-likeness (QED) is 0.407. The third-order valence-electron chi connectivity index (χ3n) is 2.55. The van der Waals surface area contributed by atoms with Crippen LogP contribution < -0.4 is 0 Å². The summed E-state index contributed by atoms with van der Waals surface area (Å²) in [6, 6.07) is 0. The van der Waals surface area contributed by atoms with Crippen molar-refractivity contribution < 1.29 is 28.8 Å². The molecule has 0 bridgehead atoms. The van der Waals surface area contributed by atoms with E-state index in [1.165, 1.54) is 0 Å². The Bertz CT molecular complexity index is 224. The lowest BCUT2D eigenvalue weighted by Gasteiger charge is -2.30. The molecule has 0 saturated carbocycles. The van der Waals surface area contributed by atoms with Crippen LogP contribution in [0, 0.1) is 0 Å². The molecule has 6 nitrogen and oxygen atoms in total. The minimum Gasteiger partial charge on any atom is -0.391 e. The molecule has 0 saturated heterocycles. The van der Waals surface area contributed by atoms with E-state index in [4.69, 9.17) is 28.8 Å². The second-order valence-corrected chi connectivity index (χ2v) is 5.07. The maximum atomic E-state index is 9.16. The summed E-state index contributed by atoms with van der Waals surface area (Å²) < 4.78 is 27.0. The summed E-state index contributed by atoms with van der Waals surface area (Å²) in [5.41, 5.74) is 0. The van der Waals surface area contributed by atoms with E-state index in [1.54, 1.807) is 21.1 Å². The first kappa shape index (κ1) is 19.8. The number of hydrogen-bond acceptors (Lipinski definition) is 6. The molecule has 0 aromatic carbocycles. The third-order valence-corrected chi connectivity index (χ3v) is 2.55. The lowest BCUT2D eigenvalue weighted by molar-refractivity contribution is -0.257. The first-order chi connectivity index (χ1) is 9.43. The zero-order chi connectivity index (χ0) is 15.4. The highest BCUT2D eigenvalue weighted by Gasteiger charge is 2.26. The van der Waals surface area contributed by atoms with Gasteiger partial charge in [0.15, 0.2) is 5.79 Å². The van der Waals surface area contributed by atoms with Gasteiger partial charge in [-0.3, -0.25) is 0 Å². The van der Waals surface area contributed by atoms with Crippen LogP contribution in [0.3, 0.4) is 0 Å². The van der Waals surface area contributed by atoms with Crippen molar-refractivity contribution in [2.45, 2.75) is 45.2 Å². The molecule has 0 aromatic heterocycles. The monoisotopic (exact) mass is 294 g/mol. The fourth-order valence-electron chi connectivity index (χ4n) is 1.52. The summed E-state index contributed by atoms with van der Waals surface area (Å²) in [4.78, 5) is 0. The van der Waals surface area contributed by atoms with Crippen molar-refractivity contribution in [2.24, 2.45) is 0 Å². The average molecular weight is 294 g/mol. The van der Waals surface area contributed by atoms with E-state index in [1.807, 2.05) is 13.8 Å². The smallest absolute Gasteiger partial charge is 0.188 e. The number of ether oxygens (including phenoxy) is 5. The van der Waals surface area contributed by atoms with Crippen LogP contribution in [0.15, 0.2) is 0 Å². The van der Waals surface area contributed by atoms with Gasteiger partial charge in [0.1, 0.15) is 0 Å². The number of hydrogen-bond donors (Lipinski definition) is 1. The van der Waals surface area contributed by atoms with Gasteiger partial charge in [0, 0.05) is 20.8 Å². The summed E-state index contributed by atoms with van der Waals surface area (Å²) in [7, 11) is 3.26. The van der Waals surface area contributed by atoms with Crippen LogP contribution in [0.25, 0.3) is 0 Å². The van der Waals surface area contributed by atoms with Gasteiger partial charge in [0.05, 0.1) is 38.6 Å². The number of methoxy groups -OCH3 is 2. The highest BCUT2D eigenvalue weighted by atomic mass is 16.7. The van der Waals surface area contributed by atoms with E-state index in [0.717, 1.165) is 6.42 Å². The van der Waals surface area contributed by atoms with Gasteiger partial charge in [0.25, 0.3) is 0 Å². The largest absolute Gasteiger partial charge is 0.391 e. The van der Waals surface area contributed by atoms with E-state index in [9.17, 15) is 0 Å². The molecule has 0 rings (SSSR count). The molecule has 0 aliphatic rings. The molecule has 1 N–H and O–H groups in total. The molecule has 0 spiro atoms. The Labute approximate surface area is 122 Å². The summed E-state index contributed by atoms with van der Waals surface area (Å²) in [5.74, 6) is -0.801. The lowest BCUT2D eigenvalue weighted by Crippen LogP contribution is -2.40. The molecule has 20 heavy (non-hydrogen) atoms. The van der Waals surface area contributed by atoms with E-state index in [-0.39, 0.29) is 6.10 Å². The highest BCUT2D eigenvalue weighted by molar-refractivity contribution is 4.64. The molecule has 6 heteroatoms. The van der Waals surface area contributed by atoms with Gasteiger partial charge in [-0.15, -0.1) is 0 Å². The van der Waals surface area contributed by atoms with Gasteiger partial charge < -0.3 is 28.8 Å². The molecular formula is C14H30O6. The predicted octanol–water partition coefficient (Wildman–Crippen LogP) is 1.20. The highest BCUT2D eigenvalue weighted by Crippen LogP contribution is 2.14. The fraction of sp³-hybridized carbons (Fsp3) is 1.00. The SMILES string of the molecule is COCCCOC(C)(COC)OCC(C)OCC(C)O. The standard InChI is InChI=1S/C14H30O6/c1-12(15)9-18-13(2)10-20-14(3,11-17-5)19-8-6-7-16-4/h12-13,15H,6-11H2,1-5H3. The number of rotatable bonds is 13. The van der Waals surface area contributed by atoms with E-state index in [2.05, 4.69) is 0 Å². The summed E-state index contributed by atoms with van der Waals surface area (Å²) in [6.45, 7) is 7.60. The zero-order valence-electron chi connectivity index (χ0n) is 13.4. The van der Waals surface area contributed by atoms with Crippen LogP contribution in [0.5, 0.6) is 0 Å². The van der Waals surface area contributed by atoms with Crippen molar-refractivity contribution in [3.63, 3.8) is 0 Å². The maximum absolute atomic E-state index is 9.16. The topological polar surface area (TPSA) is 66.4 Å². The van der Waals surface area contributed by atoms with E-state index >= 15 is 0 Å². The van der Waals surface area contributed by atoms with Crippen molar-refractivity contribution in [3.05, 3.63) is 0 Å². The number of aliphatic hydroxyl groups is 1. The van der Waals surface area contributed by atoms with Crippen LogP contribution >= 0.6 is 0 Å². The Morgan fingerprint density at radius 3 is 2.25 bits per heavy atom. The van der Waals surface area contributed by atoms with E-state index < -0.39 is 11.9 Å². The minimum absolute atomic E-state index is 0.122. The first-order valence-electron chi connectivity index (χ1n) is 6.99. The molecule has 0 radical (unpaired) electrons. The Morgan fingerprint density at radius 1 is 1.00 bits per heavy atom. The van der Waals surface area contributed by atoms with Crippen LogP contribution in [-0.4, -0.2) is 70.4 Å². The van der Waals surface area contributed by atoms with Gasteiger partial charge in [0.2, 0.25) is 0 Å². The van der Waals surface area contributed by atoms with Gasteiger partial charge in [-0.2, -0.15) is 0 Å². The van der Waals surface area contributed by atoms with E-state index in [0.29, 0.717) is 33.0 Å². The van der Waals surface area contributed by atoms with Crippen molar-refractivity contribution in [3.8, 4) is 0 Å². The van der Waals surface area contributed by atoms with Crippen molar-refractivity contribution in [1.82, 2.24) is 0 Å². The molecule has 0 aromatic rings. The summed E-state index contributed by atoms with van der Waals surface area (Å²) in [6.07, 6.45) is 0.198. The van der Waals surface area contributed by atoms with Gasteiger partial charge in [-0.05, 0) is 27.2 Å². The molecule has 0 fully saturated rings. The average Bonchev–Trinajstić information content (AvgIpc) is 2.39.